The first-order chi connectivity index (χ1) is 47.0. The number of amides is 12. The summed E-state index contributed by atoms with van der Waals surface area (Å²) in [5, 5.41) is 26.4. The lowest BCUT2D eigenvalue weighted by Gasteiger charge is -2.41. The van der Waals surface area contributed by atoms with Crippen LogP contribution in [0.15, 0.2) is 24.3 Å². The molecule has 6 N–H and O–H groups in total. The summed E-state index contributed by atoms with van der Waals surface area (Å²) in [6, 6.07) is -6.43. The van der Waals surface area contributed by atoms with Crippen molar-refractivity contribution in [2.24, 2.45) is 41.4 Å². The number of nitrogens with one attached hydrogen (secondary N) is 5. The molecule has 12 atom stereocenters. The van der Waals surface area contributed by atoms with Gasteiger partial charge in [0, 0.05) is 61.4 Å². The maximum atomic E-state index is 15.4. The molecule has 27 nitrogen and oxygen atoms in total. The van der Waals surface area contributed by atoms with Crippen molar-refractivity contribution in [3.63, 3.8) is 0 Å². The maximum Gasteiger partial charge on any atom is 0.337 e. The van der Waals surface area contributed by atoms with Crippen molar-refractivity contribution in [3.8, 4) is 0 Å². The summed E-state index contributed by atoms with van der Waals surface area (Å²) in [6.45, 7) is 27.8. The van der Waals surface area contributed by atoms with Gasteiger partial charge >= 0.3 is 5.97 Å². The third kappa shape index (κ3) is 26.3. The van der Waals surface area contributed by atoms with E-state index in [1.54, 1.807) is 59.7 Å². The predicted molar refractivity (Wildman–Crippen MR) is 387 cm³/mol. The van der Waals surface area contributed by atoms with Gasteiger partial charge in [-0.2, -0.15) is 0 Å². The Bertz CT molecular complexity index is 2980. The van der Waals surface area contributed by atoms with Crippen LogP contribution in [0.25, 0.3) is 0 Å². The number of aliphatic hydroxyl groups excluding tert-OH is 1. The lowest BCUT2D eigenvalue weighted by molar-refractivity contribution is -0.157. The summed E-state index contributed by atoms with van der Waals surface area (Å²) in [5.41, 5.74) is 0.573. The number of aliphatic hydroxyl groups is 1. The van der Waals surface area contributed by atoms with Gasteiger partial charge < -0.3 is 70.7 Å². The molecule has 12 amide bonds. The lowest BCUT2D eigenvalue weighted by Crippen LogP contribution is -2.63. The van der Waals surface area contributed by atoms with Gasteiger partial charge in [-0.3, -0.25) is 57.5 Å². The predicted octanol–water partition coefficient (Wildman–Crippen LogP) is 4.86. The third-order valence-electron chi connectivity index (χ3n) is 19.0. The average molecular weight is 1420 g/mol. The van der Waals surface area contributed by atoms with E-state index in [1.807, 2.05) is 55.4 Å². The van der Waals surface area contributed by atoms with E-state index in [1.165, 1.54) is 101 Å². The van der Waals surface area contributed by atoms with E-state index >= 15 is 19.2 Å². The summed E-state index contributed by atoms with van der Waals surface area (Å²) in [7, 11) is 11.1. The number of esters is 1. The van der Waals surface area contributed by atoms with Gasteiger partial charge in [0.25, 0.3) is 5.91 Å². The van der Waals surface area contributed by atoms with E-state index in [-0.39, 0.29) is 67.2 Å². The second-order valence-electron chi connectivity index (χ2n) is 30.2. The molecule has 0 unspecified atom stereocenters. The zero-order valence-corrected chi connectivity index (χ0v) is 65.2. The number of rotatable bonds is 23. The zero-order chi connectivity index (χ0) is 77.4. The first-order valence-corrected chi connectivity index (χ1v) is 36.2. The molecule has 1 heterocycles. The first-order valence-electron chi connectivity index (χ1n) is 36.2. The fraction of sp³-hybridized carbons (Fsp3) is 0.743. The van der Waals surface area contributed by atoms with E-state index in [0.717, 1.165) is 22.6 Å². The fourth-order valence-corrected chi connectivity index (χ4v) is 12.7. The molecule has 572 valence electrons. The Kier molecular flexibility index (Phi) is 37.2. The summed E-state index contributed by atoms with van der Waals surface area (Å²) in [6.07, 6.45) is 2.83. The monoisotopic (exact) mass is 1420 g/mol. The van der Waals surface area contributed by atoms with E-state index < -0.39 is 162 Å². The molecule has 0 spiro atoms. The number of hydrogen-bond donors (Lipinski definition) is 6. The highest BCUT2D eigenvalue weighted by Crippen LogP contribution is 2.27. The minimum Gasteiger partial charge on any atom is -0.465 e. The molecule has 0 saturated carbocycles. The number of unbranched alkanes of at least 4 members (excludes halogenated alkanes) is 4. The number of likely N-dealkylation sites (N-methyl/N-ethyl adjacent to an activating group) is 7. The van der Waals surface area contributed by atoms with Gasteiger partial charge in [0.1, 0.15) is 60.4 Å². The second-order valence-corrected chi connectivity index (χ2v) is 30.2. The van der Waals surface area contributed by atoms with Crippen molar-refractivity contribution in [1.29, 1.82) is 0 Å². The molecule has 1 aromatic carbocycles. The molecule has 0 aliphatic carbocycles. The number of carbonyl (C=O) groups excluding carboxylic acids is 13. The molecule has 1 aromatic rings. The van der Waals surface area contributed by atoms with Crippen LogP contribution in [0.4, 0.5) is 0 Å². The van der Waals surface area contributed by atoms with Gasteiger partial charge in [0.15, 0.2) is 0 Å². The molecule has 27 heteroatoms. The molecule has 0 bridgehead atoms. The highest BCUT2D eigenvalue weighted by atomic mass is 16.5. The van der Waals surface area contributed by atoms with Crippen molar-refractivity contribution < 1.29 is 72.2 Å². The van der Waals surface area contributed by atoms with Crippen molar-refractivity contribution in [2.45, 2.75) is 248 Å². The van der Waals surface area contributed by atoms with Crippen LogP contribution >= 0.6 is 0 Å². The summed E-state index contributed by atoms with van der Waals surface area (Å²) in [4.78, 5) is 195. The van der Waals surface area contributed by atoms with E-state index in [4.69, 9.17) is 4.74 Å². The third-order valence-corrected chi connectivity index (χ3v) is 19.0. The molecule has 1 fully saturated rings. The number of carbonyl (C=O) groups is 13. The molecule has 101 heavy (non-hydrogen) atoms. The van der Waals surface area contributed by atoms with E-state index in [9.17, 15) is 48.3 Å². The summed E-state index contributed by atoms with van der Waals surface area (Å²) < 4.78 is 4.78. The molecule has 1 aliphatic heterocycles. The van der Waals surface area contributed by atoms with Crippen molar-refractivity contribution >= 4 is 76.9 Å². The number of benzene rings is 1. The quantitative estimate of drug-likeness (QED) is 0.0630. The highest BCUT2D eigenvalue weighted by Gasteiger charge is 2.46. The molecule has 0 radical (unpaired) electrons. The minimum atomic E-state index is -1.66. The second kappa shape index (κ2) is 42.0. The van der Waals surface area contributed by atoms with Gasteiger partial charge in [-0.1, -0.05) is 129 Å². The van der Waals surface area contributed by atoms with Crippen LogP contribution in [0, 0.1) is 41.4 Å². The van der Waals surface area contributed by atoms with E-state index in [2.05, 4.69) is 26.6 Å². The molecule has 2 rings (SSSR count). The first kappa shape index (κ1) is 89.4. The SMILES string of the molecule is CC[C@@H]1NC(=O)[C@H]([C@H](O)[C@H](C)CCCCCCCNC(=O)c2cccc(C(=O)OC)c2)N(C)C(=O)[C@H](C(C)C)N(C)C(=O)[C@H](CC(C)C)N(C)C(=O)[C@H](CC(C)C)N(C)C(=O)[C@H](C)NC(=O)[C@@H](C)NC(=O)[C@@H](CC(C)C)N(C)C(=O)[C@@H](C(C)C)NC(=O)[C@H](CC(C)C)N(C)C(=O)CN(C)C1=O. The average Bonchev–Trinajstić information content (AvgIpc) is 0.804. The topological polar surface area (TPSA) is 334 Å². The minimum absolute atomic E-state index is 0.0112. The van der Waals surface area contributed by atoms with Crippen LogP contribution in [0.1, 0.15) is 202 Å². The number of methoxy groups -OCH3 is 1. The fourth-order valence-electron chi connectivity index (χ4n) is 12.7. The van der Waals surface area contributed by atoms with Crippen LogP contribution < -0.4 is 26.6 Å². The van der Waals surface area contributed by atoms with Crippen LogP contribution in [0.3, 0.4) is 0 Å². The molecular formula is C74H126N12O15. The van der Waals surface area contributed by atoms with Crippen LogP contribution in [-0.4, -0.2) is 252 Å². The normalized spacial score (nSPS) is 24.3. The van der Waals surface area contributed by atoms with E-state index in [0.29, 0.717) is 37.8 Å². The smallest absolute Gasteiger partial charge is 0.337 e. The zero-order valence-electron chi connectivity index (χ0n) is 65.2. The number of ether oxygens (including phenoxy) is 1. The van der Waals surface area contributed by atoms with Gasteiger partial charge in [0.05, 0.1) is 25.3 Å². The van der Waals surface area contributed by atoms with Crippen molar-refractivity contribution in [2.75, 3.05) is 69.5 Å². The van der Waals surface area contributed by atoms with Gasteiger partial charge in [-0.15, -0.1) is 0 Å². The van der Waals surface area contributed by atoms with Gasteiger partial charge in [0.2, 0.25) is 65.0 Å². The van der Waals surface area contributed by atoms with Crippen molar-refractivity contribution in [3.05, 3.63) is 35.4 Å². The Labute approximate surface area is 601 Å². The Hall–Kier alpha value is -7.71. The Morgan fingerprint density at radius 2 is 0.960 bits per heavy atom. The number of hydrogen-bond acceptors (Lipinski definition) is 15. The Morgan fingerprint density at radius 1 is 0.505 bits per heavy atom. The molecule has 1 saturated heterocycles. The molecule has 1 aliphatic rings. The van der Waals surface area contributed by atoms with Crippen molar-refractivity contribution in [1.82, 2.24) is 60.9 Å². The molecular weight excluding hydrogens is 1300 g/mol. The van der Waals surface area contributed by atoms with Gasteiger partial charge in [-0.05, 0) is 118 Å². The highest BCUT2D eigenvalue weighted by molar-refractivity contribution is 6.00. The lowest BCUT2D eigenvalue weighted by atomic mass is 9.90. The maximum absolute atomic E-state index is 15.4. The Balaban J connectivity index is 2.84. The summed E-state index contributed by atoms with van der Waals surface area (Å²) in [5.74, 6) is -11.0. The largest absolute Gasteiger partial charge is 0.465 e. The van der Waals surface area contributed by atoms with Crippen LogP contribution in [0.2, 0.25) is 0 Å². The van der Waals surface area contributed by atoms with Crippen LogP contribution in [-0.2, 0) is 57.5 Å². The molecule has 0 aromatic heterocycles. The van der Waals surface area contributed by atoms with Gasteiger partial charge in [-0.25, -0.2) is 4.79 Å². The number of nitrogens with zero attached hydrogens (tertiary/aromatic N) is 7. The standard InChI is InChI=1S/C74H126N12O15/c1-25-53-69(95)80(17)41-58(87)81(18)54(36-42(2)3)66(92)79-59(46(10)11)72(98)82(19)55(37-43(4)5)65(91)76-49(15)63(89)77-50(16)68(94)83(20)56(38-44(6)7)70(96)84(21)57(39-45(8)9)71(97)85(22)60(47(12)13)73(99)86(23)61(67(93)78-53)62(88)48(14)32-29-27-26-28-30-35-75-64(90)51-33-31-34-52(40-51)74(100)101-24/h31,33-34,40,42-50,53-57,59-62,88H,25-30,32,35-39,41H2,1-24H3,(H,75,90)(H,76,91)(H,77,89)(H,78,93)(H,79,92)/t48-,49-,50+,53+,54+,55-,56+,57+,59-,60+,61+,62-/m1/s1. The van der Waals surface area contributed by atoms with Crippen LogP contribution in [0.5, 0.6) is 0 Å². The summed E-state index contributed by atoms with van der Waals surface area (Å²) >= 11 is 0. The Morgan fingerprint density at radius 3 is 1.48 bits per heavy atom.